The molecule has 0 radical (unpaired) electrons. The van der Waals surface area contributed by atoms with E-state index in [9.17, 15) is 4.39 Å². The van der Waals surface area contributed by atoms with Crippen LogP contribution in [0.25, 0.3) is 22.6 Å². The molecule has 0 bridgehead atoms. The lowest BCUT2D eigenvalue weighted by Crippen LogP contribution is -1.89. The minimum Gasteiger partial charge on any atom is -0.434 e. The third-order valence-electron chi connectivity index (χ3n) is 2.63. The maximum Gasteiger partial charge on any atom is 0.230 e. The Hall–Kier alpha value is -1.78. The van der Waals surface area contributed by atoms with Gasteiger partial charge in [0.25, 0.3) is 0 Å². The summed E-state index contributed by atoms with van der Waals surface area (Å²) in [6, 6.07) is 7.31. The molecule has 0 atom stereocenters. The van der Waals surface area contributed by atoms with Gasteiger partial charge in [-0.1, -0.05) is 23.2 Å². The lowest BCUT2D eigenvalue weighted by Gasteiger charge is -1.99. The first-order valence-electron chi connectivity index (χ1n) is 5.35. The van der Waals surface area contributed by atoms with Crippen LogP contribution in [-0.4, -0.2) is 4.98 Å². The monoisotopic (exact) mass is 296 g/mol. The molecule has 2 N–H and O–H groups in total. The van der Waals surface area contributed by atoms with Crippen molar-refractivity contribution in [1.29, 1.82) is 0 Å². The van der Waals surface area contributed by atoms with Crippen LogP contribution < -0.4 is 5.73 Å². The molecule has 0 unspecified atom stereocenters. The smallest absolute Gasteiger partial charge is 0.230 e. The van der Waals surface area contributed by atoms with Crippen LogP contribution in [0.1, 0.15) is 0 Å². The Kier molecular flexibility index (Phi) is 2.84. The summed E-state index contributed by atoms with van der Waals surface area (Å²) in [7, 11) is 0. The molecule has 0 saturated heterocycles. The molecule has 3 nitrogen and oxygen atoms in total. The van der Waals surface area contributed by atoms with E-state index < -0.39 is 5.82 Å². The van der Waals surface area contributed by atoms with Crippen LogP contribution in [0, 0.1) is 5.82 Å². The lowest BCUT2D eigenvalue weighted by atomic mass is 10.2. The highest BCUT2D eigenvalue weighted by Crippen LogP contribution is 2.33. The molecule has 0 saturated carbocycles. The van der Waals surface area contributed by atoms with Crippen molar-refractivity contribution >= 4 is 40.0 Å². The third kappa shape index (κ3) is 2.13. The molecule has 3 rings (SSSR count). The number of rotatable bonds is 1. The van der Waals surface area contributed by atoms with Gasteiger partial charge in [0.05, 0.1) is 10.6 Å². The van der Waals surface area contributed by atoms with Gasteiger partial charge >= 0.3 is 0 Å². The fraction of sp³-hybridized carbons (Fsp3) is 0. The summed E-state index contributed by atoms with van der Waals surface area (Å²) in [5.41, 5.74) is 7.06. The first kappa shape index (κ1) is 12.3. The van der Waals surface area contributed by atoms with Gasteiger partial charge in [0.15, 0.2) is 5.58 Å². The van der Waals surface area contributed by atoms with Gasteiger partial charge in [-0.25, -0.2) is 9.37 Å². The maximum absolute atomic E-state index is 13.7. The summed E-state index contributed by atoms with van der Waals surface area (Å²) in [4.78, 5) is 4.18. The number of hydrogen-bond donors (Lipinski definition) is 1. The third-order valence-corrected chi connectivity index (χ3v) is 3.13. The van der Waals surface area contributed by atoms with Crippen molar-refractivity contribution in [3.8, 4) is 11.5 Å². The summed E-state index contributed by atoms with van der Waals surface area (Å²) in [5.74, 6) is -0.355. The summed E-state index contributed by atoms with van der Waals surface area (Å²) >= 11 is 11.9. The number of aromatic nitrogens is 1. The van der Waals surface area contributed by atoms with Crippen LogP contribution >= 0.6 is 23.2 Å². The van der Waals surface area contributed by atoms with Crippen LogP contribution in [0.4, 0.5) is 10.1 Å². The van der Waals surface area contributed by atoms with E-state index >= 15 is 0 Å². The van der Waals surface area contributed by atoms with Crippen LogP contribution in [0.15, 0.2) is 34.7 Å². The summed E-state index contributed by atoms with van der Waals surface area (Å²) < 4.78 is 19.2. The fourth-order valence-electron chi connectivity index (χ4n) is 1.78. The lowest BCUT2D eigenvalue weighted by molar-refractivity contribution is 0.594. The fourth-order valence-corrected chi connectivity index (χ4v) is 2.30. The number of halogens is 3. The molecule has 1 heterocycles. The van der Waals surface area contributed by atoms with Crippen molar-refractivity contribution in [3.05, 3.63) is 46.2 Å². The molecule has 1 aromatic heterocycles. The van der Waals surface area contributed by atoms with Crippen LogP contribution in [0.2, 0.25) is 10.0 Å². The normalized spacial score (nSPS) is 11.1. The molecule has 0 fully saturated rings. The highest BCUT2D eigenvalue weighted by Gasteiger charge is 2.15. The highest BCUT2D eigenvalue weighted by atomic mass is 35.5. The van der Waals surface area contributed by atoms with E-state index in [-0.39, 0.29) is 11.5 Å². The Labute approximate surface area is 117 Å². The minimum absolute atomic E-state index is 0.115. The Morgan fingerprint density at radius 1 is 1.16 bits per heavy atom. The largest absolute Gasteiger partial charge is 0.434 e. The molecule has 3 aromatic rings. The van der Waals surface area contributed by atoms with Crippen molar-refractivity contribution in [3.63, 3.8) is 0 Å². The predicted octanol–water partition coefficient (Wildman–Crippen LogP) is 4.52. The molecular weight excluding hydrogens is 290 g/mol. The van der Waals surface area contributed by atoms with Crippen molar-refractivity contribution in [2.75, 3.05) is 5.73 Å². The zero-order valence-electron chi connectivity index (χ0n) is 9.45. The Morgan fingerprint density at radius 3 is 2.74 bits per heavy atom. The van der Waals surface area contributed by atoms with E-state index in [1.54, 1.807) is 6.07 Å². The number of nitrogen functional groups attached to an aromatic ring is 1. The molecule has 0 amide bonds. The number of benzene rings is 2. The van der Waals surface area contributed by atoms with E-state index in [1.165, 1.54) is 24.3 Å². The van der Waals surface area contributed by atoms with Gasteiger partial charge in [0.2, 0.25) is 5.89 Å². The molecule has 96 valence electrons. The number of hydrogen-bond acceptors (Lipinski definition) is 3. The van der Waals surface area contributed by atoms with Crippen molar-refractivity contribution < 1.29 is 8.81 Å². The van der Waals surface area contributed by atoms with E-state index in [0.717, 1.165) is 0 Å². The van der Waals surface area contributed by atoms with Crippen molar-refractivity contribution in [2.45, 2.75) is 0 Å². The molecular formula is C13H7Cl2FN2O. The standard InChI is InChI=1S/C13H7Cl2FN2O/c14-6-3-9(15)12-11(4-6)18-13(19-12)8-5-7(17)1-2-10(8)16/h1-5H,17H2. The molecule has 2 aromatic carbocycles. The van der Waals surface area contributed by atoms with Crippen molar-refractivity contribution in [2.24, 2.45) is 0 Å². The van der Waals surface area contributed by atoms with E-state index in [1.807, 2.05) is 0 Å². The van der Waals surface area contributed by atoms with Crippen LogP contribution in [-0.2, 0) is 0 Å². The van der Waals surface area contributed by atoms with E-state index in [4.69, 9.17) is 33.4 Å². The van der Waals surface area contributed by atoms with Crippen molar-refractivity contribution in [1.82, 2.24) is 4.98 Å². The highest BCUT2D eigenvalue weighted by molar-refractivity contribution is 6.38. The molecule has 19 heavy (non-hydrogen) atoms. The minimum atomic E-state index is -0.469. The number of anilines is 1. The average Bonchev–Trinajstić information content (AvgIpc) is 2.76. The Morgan fingerprint density at radius 2 is 1.95 bits per heavy atom. The second kappa shape index (κ2) is 4.40. The van der Waals surface area contributed by atoms with Crippen LogP contribution in [0.3, 0.4) is 0 Å². The number of oxazole rings is 1. The maximum atomic E-state index is 13.7. The van der Waals surface area contributed by atoms with Gasteiger partial charge < -0.3 is 10.2 Å². The SMILES string of the molecule is Nc1ccc(F)c(-c2nc3cc(Cl)cc(Cl)c3o2)c1. The molecule has 0 spiro atoms. The average molecular weight is 297 g/mol. The summed E-state index contributed by atoms with van der Waals surface area (Å²) in [5, 5.41) is 0.760. The first-order chi connectivity index (χ1) is 9.04. The van der Waals surface area contributed by atoms with Gasteiger partial charge in [-0.2, -0.15) is 0 Å². The Bertz CT molecular complexity index is 786. The topological polar surface area (TPSA) is 52.0 Å². The zero-order valence-corrected chi connectivity index (χ0v) is 11.0. The quantitative estimate of drug-likeness (QED) is 0.672. The summed E-state index contributed by atoms with van der Waals surface area (Å²) in [6.07, 6.45) is 0. The molecule has 0 aliphatic rings. The van der Waals surface area contributed by atoms with Gasteiger partial charge in [-0.3, -0.25) is 0 Å². The Balaban J connectivity index is 2.26. The van der Waals surface area contributed by atoms with Gasteiger partial charge in [-0.05, 0) is 30.3 Å². The molecule has 0 aliphatic carbocycles. The van der Waals surface area contributed by atoms with Gasteiger partial charge in [-0.15, -0.1) is 0 Å². The van der Waals surface area contributed by atoms with Crippen LogP contribution in [0.5, 0.6) is 0 Å². The predicted molar refractivity (Wildman–Crippen MR) is 73.8 cm³/mol. The summed E-state index contributed by atoms with van der Waals surface area (Å²) in [6.45, 7) is 0. The molecule has 0 aliphatic heterocycles. The molecule has 6 heteroatoms. The number of nitrogens with two attached hydrogens (primary N) is 1. The number of fused-ring (bicyclic) bond motifs is 1. The van der Waals surface area contributed by atoms with E-state index in [2.05, 4.69) is 4.98 Å². The zero-order chi connectivity index (χ0) is 13.6. The second-order valence-corrected chi connectivity index (χ2v) is 4.84. The van der Waals surface area contributed by atoms with Gasteiger partial charge in [0.1, 0.15) is 11.3 Å². The second-order valence-electron chi connectivity index (χ2n) is 3.99. The van der Waals surface area contributed by atoms with Gasteiger partial charge in [0, 0.05) is 10.7 Å². The first-order valence-corrected chi connectivity index (χ1v) is 6.11. The number of nitrogens with zero attached hydrogens (tertiary/aromatic N) is 1. The van der Waals surface area contributed by atoms with E-state index in [0.29, 0.717) is 26.8 Å².